The molecule has 0 spiro atoms. The maximum atomic E-state index is 12.6. The van der Waals surface area contributed by atoms with Crippen molar-refractivity contribution in [1.82, 2.24) is 0 Å². The molecule has 1 N–H and O–H groups in total. The zero-order valence-electron chi connectivity index (χ0n) is 17.4. The van der Waals surface area contributed by atoms with Crippen molar-refractivity contribution in [3.8, 4) is 0 Å². The van der Waals surface area contributed by atoms with Crippen molar-refractivity contribution in [1.29, 1.82) is 0 Å². The van der Waals surface area contributed by atoms with Gasteiger partial charge < -0.3 is 9.84 Å². The van der Waals surface area contributed by atoms with Crippen LogP contribution in [-0.2, 0) is 19.1 Å². The lowest BCUT2D eigenvalue weighted by Crippen LogP contribution is -2.37. The number of amides is 1. The SMILES string of the molecule is CCC/C(C)=C/C=C(\C)C(=O)[C@@H]1C(=O)C=C([C@H](C)CCCC=NC(=O)O)OC1=O. The van der Waals surface area contributed by atoms with Crippen LogP contribution in [0.25, 0.3) is 0 Å². The number of Topliss-reactive ketones (excluding diaryl/α,β-unsaturated/α-hetero) is 1. The first kappa shape index (κ1) is 24.2. The molecule has 1 aliphatic heterocycles. The van der Waals surface area contributed by atoms with Crippen molar-refractivity contribution in [2.75, 3.05) is 0 Å². The molecule has 7 nitrogen and oxygen atoms in total. The van der Waals surface area contributed by atoms with E-state index >= 15 is 0 Å². The van der Waals surface area contributed by atoms with E-state index in [0.717, 1.165) is 18.4 Å². The Morgan fingerprint density at radius 1 is 1.28 bits per heavy atom. The molecule has 1 amide bonds. The van der Waals surface area contributed by atoms with Crippen LogP contribution in [0, 0.1) is 11.8 Å². The van der Waals surface area contributed by atoms with Crippen molar-refractivity contribution in [2.45, 2.75) is 59.8 Å². The van der Waals surface area contributed by atoms with E-state index in [9.17, 15) is 19.2 Å². The Morgan fingerprint density at radius 2 is 1.97 bits per heavy atom. The van der Waals surface area contributed by atoms with Gasteiger partial charge in [-0.3, -0.25) is 14.4 Å². The monoisotopic (exact) mass is 403 g/mol. The summed E-state index contributed by atoms with van der Waals surface area (Å²) in [7, 11) is 0. The molecular weight excluding hydrogens is 374 g/mol. The minimum atomic E-state index is -1.45. The molecule has 0 aromatic carbocycles. The van der Waals surface area contributed by atoms with Crippen LogP contribution < -0.4 is 0 Å². The summed E-state index contributed by atoms with van der Waals surface area (Å²) in [6.07, 6.45) is 8.31. The summed E-state index contributed by atoms with van der Waals surface area (Å²) in [5.41, 5.74) is 1.44. The molecule has 7 heteroatoms. The van der Waals surface area contributed by atoms with E-state index in [2.05, 4.69) is 11.9 Å². The third kappa shape index (κ3) is 7.97. The predicted octanol–water partition coefficient (Wildman–Crippen LogP) is 4.43. The third-order valence-corrected chi connectivity index (χ3v) is 4.59. The van der Waals surface area contributed by atoms with Crippen molar-refractivity contribution in [3.63, 3.8) is 0 Å². The Morgan fingerprint density at radius 3 is 2.55 bits per heavy atom. The van der Waals surface area contributed by atoms with Crippen LogP contribution >= 0.6 is 0 Å². The van der Waals surface area contributed by atoms with Gasteiger partial charge in [-0.2, -0.15) is 4.99 Å². The Bertz CT molecular complexity index is 772. The van der Waals surface area contributed by atoms with Crippen molar-refractivity contribution in [3.05, 3.63) is 35.1 Å². The van der Waals surface area contributed by atoms with Gasteiger partial charge in [-0.05, 0) is 45.1 Å². The number of hydrogen-bond acceptors (Lipinski definition) is 5. The molecule has 0 radical (unpaired) electrons. The lowest BCUT2D eigenvalue weighted by Gasteiger charge is -2.23. The van der Waals surface area contributed by atoms with E-state index in [1.54, 1.807) is 19.9 Å². The van der Waals surface area contributed by atoms with Gasteiger partial charge >= 0.3 is 12.1 Å². The average molecular weight is 403 g/mol. The number of nitrogens with zero attached hydrogens (tertiary/aromatic N) is 1. The van der Waals surface area contributed by atoms with E-state index in [1.165, 1.54) is 12.3 Å². The smallest absolute Gasteiger partial charge is 0.430 e. The van der Waals surface area contributed by atoms with Gasteiger partial charge in [0.2, 0.25) is 0 Å². The van der Waals surface area contributed by atoms with Crippen LogP contribution in [-0.4, -0.2) is 35.0 Å². The van der Waals surface area contributed by atoms with Crippen LogP contribution in [0.5, 0.6) is 0 Å². The Hall–Kier alpha value is -2.83. The molecule has 0 bridgehead atoms. The first-order valence-electron chi connectivity index (χ1n) is 9.78. The Labute approximate surface area is 171 Å². The number of cyclic esters (lactones) is 1. The zero-order chi connectivity index (χ0) is 22.0. The summed E-state index contributed by atoms with van der Waals surface area (Å²) >= 11 is 0. The predicted molar refractivity (Wildman–Crippen MR) is 110 cm³/mol. The number of carboxylic acid groups (broad SMARTS) is 1. The normalized spacial score (nSPS) is 19.2. The summed E-state index contributed by atoms with van der Waals surface area (Å²) in [5.74, 6) is -3.40. The highest BCUT2D eigenvalue weighted by atomic mass is 16.5. The van der Waals surface area contributed by atoms with Gasteiger partial charge in [0.05, 0.1) is 0 Å². The number of aliphatic imine (C=N–C) groups is 1. The van der Waals surface area contributed by atoms with Gasteiger partial charge in [0.15, 0.2) is 17.5 Å². The van der Waals surface area contributed by atoms with Crippen molar-refractivity contribution >= 4 is 29.8 Å². The summed E-state index contributed by atoms with van der Waals surface area (Å²) in [5, 5.41) is 8.44. The Balaban J connectivity index is 2.76. The van der Waals surface area contributed by atoms with Crippen LogP contribution in [0.3, 0.4) is 0 Å². The largest absolute Gasteiger partial charge is 0.463 e. The molecule has 2 atom stereocenters. The summed E-state index contributed by atoms with van der Waals surface area (Å²) < 4.78 is 5.27. The third-order valence-electron chi connectivity index (χ3n) is 4.59. The fourth-order valence-electron chi connectivity index (χ4n) is 2.88. The molecule has 29 heavy (non-hydrogen) atoms. The molecule has 0 unspecified atom stereocenters. The Kier molecular flexibility index (Phi) is 9.92. The van der Waals surface area contributed by atoms with Gasteiger partial charge in [0.25, 0.3) is 0 Å². The minimum absolute atomic E-state index is 0.214. The van der Waals surface area contributed by atoms with Crippen LogP contribution in [0.4, 0.5) is 4.79 Å². The molecule has 0 saturated carbocycles. The quantitative estimate of drug-likeness (QED) is 0.144. The fourth-order valence-corrected chi connectivity index (χ4v) is 2.88. The summed E-state index contributed by atoms with van der Waals surface area (Å²) in [4.78, 5) is 50.9. The molecule has 1 aliphatic rings. The topological polar surface area (TPSA) is 110 Å². The maximum absolute atomic E-state index is 12.6. The second kappa shape index (κ2) is 11.9. The second-order valence-corrected chi connectivity index (χ2v) is 7.21. The highest BCUT2D eigenvalue weighted by molar-refractivity contribution is 6.26. The second-order valence-electron chi connectivity index (χ2n) is 7.21. The fraction of sp³-hybridized carbons (Fsp3) is 0.500. The molecular formula is C22H29NO6. The van der Waals surface area contributed by atoms with E-state index in [1.807, 2.05) is 13.0 Å². The molecule has 0 saturated heterocycles. The van der Waals surface area contributed by atoms with Crippen molar-refractivity contribution < 1.29 is 29.0 Å². The first-order valence-corrected chi connectivity index (χ1v) is 9.78. The lowest BCUT2D eigenvalue weighted by atomic mass is 9.90. The van der Waals surface area contributed by atoms with Crippen LogP contribution in [0.1, 0.15) is 59.8 Å². The van der Waals surface area contributed by atoms with Crippen LogP contribution in [0.15, 0.2) is 40.1 Å². The number of esters is 1. The van der Waals surface area contributed by atoms with Gasteiger partial charge in [-0.25, -0.2) is 4.79 Å². The molecule has 0 aromatic heterocycles. The van der Waals surface area contributed by atoms with Gasteiger partial charge in [-0.1, -0.05) is 38.0 Å². The number of ether oxygens (including phenoxy) is 1. The molecule has 1 heterocycles. The highest BCUT2D eigenvalue weighted by Gasteiger charge is 2.39. The van der Waals surface area contributed by atoms with Gasteiger partial charge in [-0.15, -0.1) is 0 Å². The molecule has 158 valence electrons. The number of carbonyl (C=O) groups is 4. The number of hydrogen-bond donors (Lipinski definition) is 1. The number of carbonyl (C=O) groups excluding carboxylic acids is 3. The number of allylic oxidation sites excluding steroid dienone is 6. The number of unbranched alkanes of at least 4 members (excludes halogenated alkanes) is 1. The van der Waals surface area contributed by atoms with Gasteiger partial charge in [0, 0.05) is 18.2 Å². The van der Waals surface area contributed by atoms with E-state index in [-0.39, 0.29) is 11.7 Å². The van der Waals surface area contributed by atoms with Gasteiger partial charge in [0.1, 0.15) is 5.76 Å². The summed E-state index contributed by atoms with van der Waals surface area (Å²) in [6.45, 7) is 7.40. The van der Waals surface area contributed by atoms with Crippen molar-refractivity contribution in [2.24, 2.45) is 16.8 Å². The first-order chi connectivity index (χ1) is 13.7. The zero-order valence-corrected chi connectivity index (χ0v) is 17.4. The standard InChI is InChI=1S/C22H29NO6/c1-5-8-14(2)10-11-16(4)20(25)19-17(24)13-18(29-21(19)26)15(3)9-6-7-12-23-22(27)28/h10-13,15,19H,5-9H2,1-4H3,(H,27,28)/b14-10+,16-11+,23-12?/t15-,19+/m1/s1. The van der Waals surface area contributed by atoms with E-state index in [4.69, 9.17) is 9.84 Å². The maximum Gasteiger partial charge on any atom is 0.430 e. The van der Waals surface area contributed by atoms with Crippen LogP contribution in [0.2, 0.25) is 0 Å². The average Bonchev–Trinajstić information content (AvgIpc) is 2.64. The summed E-state index contributed by atoms with van der Waals surface area (Å²) in [6, 6.07) is 0. The minimum Gasteiger partial charge on any atom is -0.463 e. The molecule has 1 rings (SSSR count). The highest BCUT2D eigenvalue weighted by Crippen LogP contribution is 2.26. The molecule has 0 aromatic rings. The lowest BCUT2D eigenvalue weighted by molar-refractivity contribution is -0.152. The number of ketones is 2. The van der Waals surface area contributed by atoms with E-state index < -0.39 is 29.5 Å². The molecule has 0 aliphatic carbocycles. The molecule has 0 fully saturated rings. The van der Waals surface area contributed by atoms with E-state index in [0.29, 0.717) is 24.8 Å². The number of rotatable bonds is 10.